The maximum absolute atomic E-state index is 13.4. The third-order valence-corrected chi connectivity index (χ3v) is 6.80. The Morgan fingerprint density at radius 3 is 2.62 bits per heavy atom. The lowest BCUT2D eigenvalue weighted by molar-refractivity contribution is -0.357. The molecule has 32 heavy (non-hydrogen) atoms. The molecule has 1 aromatic carbocycles. The smallest absolute Gasteiger partial charge is 0.368 e. The summed E-state index contributed by atoms with van der Waals surface area (Å²) < 4.78 is 61.1. The maximum Gasteiger partial charge on any atom is 0.522 e. The molecule has 1 N–H and O–H groups in total. The molecule has 0 radical (unpaired) electrons. The lowest BCUT2D eigenvalue weighted by Gasteiger charge is -2.70. The largest absolute Gasteiger partial charge is 0.522 e. The molecule has 4 aliphatic rings. The Kier molecular flexibility index (Phi) is 4.86. The van der Waals surface area contributed by atoms with Crippen molar-refractivity contribution in [2.45, 2.75) is 68.7 Å². The van der Waals surface area contributed by atoms with Gasteiger partial charge in [0.25, 0.3) is 0 Å². The maximum atomic E-state index is 13.4. The van der Waals surface area contributed by atoms with E-state index in [1.165, 1.54) is 12.1 Å². The van der Waals surface area contributed by atoms with Gasteiger partial charge in [0.15, 0.2) is 0 Å². The molecule has 6 nitrogen and oxygen atoms in total. The monoisotopic (exact) mass is 453 g/mol. The summed E-state index contributed by atoms with van der Waals surface area (Å²) in [7, 11) is 0. The molecule has 1 amide bonds. The molecule has 0 aliphatic heterocycles. The van der Waals surface area contributed by atoms with E-state index in [0.717, 1.165) is 36.1 Å². The normalized spacial score (nSPS) is 30.8. The van der Waals surface area contributed by atoms with E-state index in [0.29, 0.717) is 0 Å². The molecule has 6 rings (SSSR count). The second-order valence-electron chi connectivity index (χ2n) is 9.30. The first kappa shape index (κ1) is 21.4. The summed E-state index contributed by atoms with van der Waals surface area (Å²) in [6, 6.07) is 4.62. The van der Waals surface area contributed by atoms with Gasteiger partial charge in [-0.1, -0.05) is 0 Å². The van der Waals surface area contributed by atoms with Gasteiger partial charge >= 0.3 is 6.36 Å². The molecular weight excluding hydrogens is 430 g/mol. The van der Waals surface area contributed by atoms with Crippen molar-refractivity contribution in [2.24, 2.45) is 0 Å². The van der Waals surface area contributed by atoms with E-state index in [1.54, 1.807) is 12.4 Å². The number of nitrogens with zero attached hydrogens (tertiary/aromatic N) is 2. The Balaban J connectivity index is 1.08. The van der Waals surface area contributed by atoms with Gasteiger partial charge in [-0.15, -0.1) is 13.2 Å². The number of rotatable bonds is 7. The van der Waals surface area contributed by atoms with Gasteiger partial charge in [0.2, 0.25) is 5.91 Å². The zero-order valence-electron chi connectivity index (χ0n) is 17.4. The number of nitrogens with one attached hydrogen (secondary N) is 1. The van der Waals surface area contributed by atoms with Crippen molar-refractivity contribution in [2.75, 3.05) is 6.61 Å². The topological polar surface area (TPSA) is 65.4 Å². The van der Waals surface area contributed by atoms with E-state index in [-0.39, 0.29) is 48.4 Å². The molecule has 0 spiro atoms. The fraction of sp³-hybridized carbons (Fsp3) is 0.545. The molecule has 4 fully saturated rings. The number of imidazole rings is 1. The molecule has 0 atom stereocenters. The highest BCUT2D eigenvalue weighted by Crippen LogP contribution is 2.65. The van der Waals surface area contributed by atoms with Gasteiger partial charge in [-0.25, -0.2) is 9.37 Å². The first-order valence-electron chi connectivity index (χ1n) is 10.5. The highest BCUT2D eigenvalue weighted by atomic mass is 19.4. The van der Waals surface area contributed by atoms with Crippen molar-refractivity contribution in [3.63, 3.8) is 0 Å². The van der Waals surface area contributed by atoms with Gasteiger partial charge in [-0.2, -0.15) is 0 Å². The predicted molar refractivity (Wildman–Crippen MR) is 105 cm³/mol. The van der Waals surface area contributed by atoms with Gasteiger partial charge in [-0.3, -0.25) is 9.53 Å². The minimum absolute atomic E-state index is 0.0660. The second-order valence-corrected chi connectivity index (χ2v) is 9.30. The Morgan fingerprint density at radius 2 is 1.97 bits per heavy atom. The third kappa shape index (κ3) is 3.90. The van der Waals surface area contributed by atoms with Crippen molar-refractivity contribution in [1.29, 1.82) is 0 Å². The summed E-state index contributed by atoms with van der Waals surface area (Å²) in [6.07, 6.45) is 0.465. The van der Waals surface area contributed by atoms with Crippen LogP contribution in [0.3, 0.4) is 0 Å². The summed E-state index contributed by atoms with van der Waals surface area (Å²) in [4.78, 5) is 16.7. The van der Waals surface area contributed by atoms with Crippen LogP contribution in [0, 0.1) is 12.7 Å². The number of carbonyl (C=O) groups excluding carboxylic acids is 1. The molecule has 0 unspecified atom stereocenters. The first-order chi connectivity index (χ1) is 15.0. The average molecular weight is 453 g/mol. The first-order valence-corrected chi connectivity index (χ1v) is 10.5. The fourth-order valence-electron chi connectivity index (χ4n) is 5.24. The Bertz CT molecular complexity index is 1030. The van der Waals surface area contributed by atoms with Crippen LogP contribution in [0.4, 0.5) is 17.6 Å². The number of hydrogen-bond donors (Lipinski definition) is 1. The number of aryl methyl sites for hydroxylation is 1. The van der Waals surface area contributed by atoms with E-state index in [2.05, 4.69) is 19.6 Å². The van der Waals surface area contributed by atoms with Crippen LogP contribution in [0.2, 0.25) is 0 Å². The molecule has 4 aliphatic carbocycles. The number of hydrogen-bond acceptors (Lipinski definition) is 4. The summed E-state index contributed by atoms with van der Waals surface area (Å²) in [5.74, 6) is -0.537. The molecule has 10 heteroatoms. The van der Waals surface area contributed by atoms with Gasteiger partial charge in [0.05, 0.1) is 29.8 Å². The predicted octanol–water partition coefficient (Wildman–Crippen LogP) is 3.83. The number of carbonyl (C=O) groups is 1. The second kappa shape index (κ2) is 7.28. The van der Waals surface area contributed by atoms with E-state index in [9.17, 15) is 22.4 Å². The van der Waals surface area contributed by atoms with Gasteiger partial charge in [0.1, 0.15) is 12.4 Å². The number of halogens is 4. The van der Waals surface area contributed by atoms with Crippen molar-refractivity contribution >= 4 is 5.91 Å². The lowest BCUT2D eigenvalue weighted by Crippen LogP contribution is -2.78. The van der Waals surface area contributed by atoms with Crippen molar-refractivity contribution in [1.82, 2.24) is 14.9 Å². The SMILES string of the molecule is Cc1cc(F)ccc1-c1cn(C23CC(NC(=O)COC4CC(OC(F)(F)F)C4)(C2)C3)cn1. The number of amides is 1. The van der Waals surface area contributed by atoms with E-state index < -0.39 is 12.5 Å². The highest BCUT2D eigenvalue weighted by molar-refractivity contribution is 5.79. The van der Waals surface area contributed by atoms with Gasteiger partial charge < -0.3 is 14.6 Å². The molecule has 0 saturated heterocycles. The van der Waals surface area contributed by atoms with Crippen LogP contribution in [0.25, 0.3) is 11.3 Å². The van der Waals surface area contributed by atoms with Crippen LogP contribution in [0.5, 0.6) is 0 Å². The number of aromatic nitrogens is 2. The molecule has 172 valence electrons. The van der Waals surface area contributed by atoms with Gasteiger partial charge in [0, 0.05) is 30.1 Å². The zero-order valence-corrected chi connectivity index (χ0v) is 17.4. The molecule has 4 saturated carbocycles. The van der Waals surface area contributed by atoms with Crippen molar-refractivity contribution < 1.29 is 31.8 Å². The van der Waals surface area contributed by atoms with Crippen LogP contribution < -0.4 is 5.32 Å². The standard InChI is InChI=1S/C22H23F4N3O3/c1-13-4-14(23)2-3-17(13)18-7-29(12-27-18)21-9-20(10-21,11-21)28-19(30)8-31-15-5-16(6-15)32-22(24,25)26/h2-4,7,12,15-16H,5-6,8-11H2,1H3,(H,28,30). The van der Waals surface area contributed by atoms with E-state index in [1.807, 2.05) is 13.1 Å². The number of benzene rings is 1. The van der Waals surface area contributed by atoms with Crippen LogP contribution in [0.15, 0.2) is 30.7 Å². The third-order valence-electron chi connectivity index (χ3n) is 6.80. The van der Waals surface area contributed by atoms with Crippen LogP contribution in [-0.2, 0) is 19.8 Å². The van der Waals surface area contributed by atoms with E-state index >= 15 is 0 Å². The number of alkyl halides is 3. The average Bonchev–Trinajstić information content (AvgIpc) is 3.07. The van der Waals surface area contributed by atoms with Crippen molar-refractivity contribution in [3.8, 4) is 11.3 Å². The summed E-state index contributed by atoms with van der Waals surface area (Å²) >= 11 is 0. The minimum atomic E-state index is -4.64. The van der Waals surface area contributed by atoms with Crippen LogP contribution in [-0.4, -0.2) is 46.2 Å². The van der Waals surface area contributed by atoms with Crippen molar-refractivity contribution in [3.05, 3.63) is 42.1 Å². The van der Waals surface area contributed by atoms with Crippen LogP contribution in [0.1, 0.15) is 37.7 Å². The van der Waals surface area contributed by atoms with Gasteiger partial charge in [-0.05, 0) is 49.9 Å². The Labute approximate surface area is 181 Å². The Hall–Kier alpha value is -2.46. The minimum Gasteiger partial charge on any atom is -0.368 e. The van der Waals surface area contributed by atoms with E-state index in [4.69, 9.17) is 4.74 Å². The molecule has 1 heterocycles. The fourth-order valence-corrected chi connectivity index (χ4v) is 5.24. The number of ether oxygens (including phenoxy) is 2. The molecule has 2 aromatic rings. The Morgan fingerprint density at radius 1 is 1.25 bits per heavy atom. The summed E-state index contributed by atoms with van der Waals surface area (Å²) in [6.45, 7) is 1.68. The van der Waals surface area contributed by atoms with Crippen LogP contribution >= 0.6 is 0 Å². The quantitative estimate of drug-likeness (QED) is 0.648. The summed E-state index contributed by atoms with van der Waals surface area (Å²) in [5.41, 5.74) is 2.17. The molecule has 2 bridgehead atoms. The summed E-state index contributed by atoms with van der Waals surface area (Å²) in [5, 5.41) is 3.01. The highest BCUT2D eigenvalue weighted by Gasteiger charge is 2.69. The molecular formula is C22H23F4N3O3. The zero-order chi connectivity index (χ0) is 22.7. The molecule has 1 aromatic heterocycles. The lowest BCUT2D eigenvalue weighted by atomic mass is 9.44.